The molecule has 0 fully saturated rings. The fraction of sp³-hybridized carbons (Fsp3) is 0.200. The van der Waals surface area contributed by atoms with Crippen molar-refractivity contribution in [3.63, 3.8) is 0 Å². The lowest BCUT2D eigenvalue weighted by molar-refractivity contribution is 0.460. The van der Waals surface area contributed by atoms with Crippen molar-refractivity contribution in [1.82, 2.24) is 0 Å². The van der Waals surface area contributed by atoms with Gasteiger partial charge in [0.15, 0.2) is 0 Å². The molecule has 0 saturated heterocycles. The third-order valence-electron chi connectivity index (χ3n) is 3.61. The van der Waals surface area contributed by atoms with E-state index in [9.17, 15) is 0 Å². The van der Waals surface area contributed by atoms with Crippen molar-refractivity contribution in [3.8, 4) is 11.5 Å². The summed E-state index contributed by atoms with van der Waals surface area (Å²) in [7, 11) is 0. The predicted octanol–water partition coefficient (Wildman–Crippen LogP) is 3.35. The third-order valence-corrected chi connectivity index (χ3v) is 3.61. The quantitative estimate of drug-likeness (QED) is 0.631. The Hall–Kier alpha value is -1.96. The van der Waals surface area contributed by atoms with E-state index in [0.717, 1.165) is 30.9 Å². The summed E-state index contributed by atoms with van der Waals surface area (Å²) in [5.41, 5.74) is 5.32. The van der Waals surface area contributed by atoms with Crippen molar-refractivity contribution >= 4 is 5.69 Å². The zero-order valence-electron chi connectivity index (χ0n) is 9.49. The Morgan fingerprint density at radius 3 is 2.88 bits per heavy atom. The molecule has 17 heavy (non-hydrogen) atoms. The summed E-state index contributed by atoms with van der Waals surface area (Å²) in [5, 5.41) is 3.48. The van der Waals surface area contributed by atoms with Crippen molar-refractivity contribution in [1.29, 1.82) is 0 Å². The van der Waals surface area contributed by atoms with Gasteiger partial charge < -0.3 is 10.1 Å². The first kappa shape index (κ1) is 9.11. The van der Waals surface area contributed by atoms with Gasteiger partial charge in [0.2, 0.25) is 0 Å². The Kier molecular flexibility index (Phi) is 1.75. The van der Waals surface area contributed by atoms with Gasteiger partial charge in [-0.15, -0.1) is 0 Å². The lowest BCUT2D eigenvalue weighted by atomic mass is 9.97. The summed E-state index contributed by atoms with van der Waals surface area (Å²) in [6.45, 7) is 1.05. The average molecular weight is 223 g/mol. The summed E-state index contributed by atoms with van der Waals surface area (Å²) < 4.78 is 5.96. The second-order valence-electron chi connectivity index (χ2n) is 4.64. The summed E-state index contributed by atoms with van der Waals surface area (Å²) in [4.78, 5) is 0. The van der Waals surface area contributed by atoms with Gasteiger partial charge in [-0.3, -0.25) is 0 Å². The fourth-order valence-electron chi connectivity index (χ4n) is 2.76. The van der Waals surface area contributed by atoms with Gasteiger partial charge >= 0.3 is 0 Å². The number of benzene rings is 2. The van der Waals surface area contributed by atoms with Gasteiger partial charge in [-0.25, -0.2) is 0 Å². The standard InChI is InChI=1S/C15H13NO/c1-2-4-13-11(3-1)9-12-14(17-13)6-5-10-7-8-16-15(10)12/h1-6,16H,7-9H2. The maximum Gasteiger partial charge on any atom is 0.133 e. The van der Waals surface area contributed by atoms with Crippen LogP contribution < -0.4 is 10.1 Å². The highest BCUT2D eigenvalue weighted by atomic mass is 16.5. The van der Waals surface area contributed by atoms with Gasteiger partial charge in [-0.1, -0.05) is 24.3 Å². The van der Waals surface area contributed by atoms with Crippen LogP contribution in [0.1, 0.15) is 16.7 Å². The van der Waals surface area contributed by atoms with Crippen molar-refractivity contribution in [2.45, 2.75) is 12.8 Å². The van der Waals surface area contributed by atoms with E-state index in [1.165, 1.54) is 22.4 Å². The van der Waals surface area contributed by atoms with Crippen molar-refractivity contribution in [2.75, 3.05) is 11.9 Å². The van der Waals surface area contributed by atoms with Crippen LogP contribution in [0, 0.1) is 0 Å². The number of hydrogen-bond donors (Lipinski definition) is 1. The van der Waals surface area contributed by atoms with Crippen molar-refractivity contribution in [2.24, 2.45) is 0 Å². The van der Waals surface area contributed by atoms with Crippen LogP contribution in [0.25, 0.3) is 0 Å². The first-order valence-electron chi connectivity index (χ1n) is 6.06. The van der Waals surface area contributed by atoms with E-state index in [1.807, 2.05) is 12.1 Å². The molecule has 0 spiro atoms. The fourth-order valence-corrected chi connectivity index (χ4v) is 2.76. The van der Waals surface area contributed by atoms with E-state index in [4.69, 9.17) is 4.74 Å². The Morgan fingerprint density at radius 1 is 0.941 bits per heavy atom. The Bertz CT molecular complexity index is 604. The van der Waals surface area contributed by atoms with Gasteiger partial charge in [0, 0.05) is 24.2 Å². The number of nitrogens with one attached hydrogen (secondary N) is 1. The Balaban J connectivity index is 1.89. The summed E-state index contributed by atoms with van der Waals surface area (Å²) in [5.74, 6) is 2.01. The third kappa shape index (κ3) is 1.27. The normalized spacial score (nSPS) is 15.3. The smallest absolute Gasteiger partial charge is 0.133 e. The molecular weight excluding hydrogens is 210 g/mol. The van der Waals surface area contributed by atoms with Gasteiger partial charge in [0.05, 0.1) is 0 Å². The minimum Gasteiger partial charge on any atom is -0.457 e. The number of ether oxygens (including phenoxy) is 1. The van der Waals surface area contributed by atoms with Crippen LogP contribution in [0.15, 0.2) is 36.4 Å². The summed E-state index contributed by atoms with van der Waals surface area (Å²) in [6, 6.07) is 12.6. The molecular formula is C15H13NO. The summed E-state index contributed by atoms with van der Waals surface area (Å²) in [6.07, 6.45) is 2.10. The number of rotatable bonds is 0. The zero-order chi connectivity index (χ0) is 11.2. The molecule has 2 heterocycles. The Morgan fingerprint density at radius 2 is 1.88 bits per heavy atom. The maximum absolute atomic E-state index is 5.96. The molecule has 0 aromatic heterocycles. The van der Waals surface area contributed by atoms with Crippen LogP contribution in [-0.2, 0) is 12.8 Å². The molecule has 0 amide bonds. The van der Waals surface area contributed by atoms with Gasteiger partial charge in [-0.2, -0.15) is 0 Å². The maximum atomic E-state index is 5.96. The van der Waals surface area contributed by atoms with Crippen molar-refractivity contribution < 1.29 is 4.74 Å². The lowest BCUT2D eigenvalue weighted by Gasteiger charge is -2.22. The minimum atomic E-state index is 0.974. The molecule has 2 aromatic carbocycles. The highest BCUT2D eigenvalue weighted by Gasteiger charge is 2.23. The summed E-state index contributed by atoms with van der Waals surface area (Å²) >= 11 is 0. The van der Waals surface area contributed by atoms with Crippen LogP contribution in [-0.4, -0.2) is 6.54 Å². The highest BCUT2D eigenvalue weighted by molar-refractivity contribution is 5.69. The molecule has 0 saturated carbocycles. The number of para-hydroxylation sites is 1. The van der Waals surface area contributed by atoms with Gasteiger partial charge in [0.1, 0.15) is 11.5 Å². The molecule has 4 rings (SSSR count). The van der Waals surface area contributed by atoms with E-state index >= 15 is 0 Å². The topological polar surface area (TPSA) is 21.3 Å². The van der Waals surface area contributed by atoms with E-state index in [-0.39, 0.29) is 0 Å². The molecule has 0 atom stereocenters. The second kappa shape index (κ2) is 3.27. The van der Waals surface area contributed by atoms with E-state index < -0.39 is 0 Å². The molecule has 84 valence electrons. The molecule has 2 heteroatoms. The lowest BCUT2D eigenvalue weighted by Crippen LogP contribution is -2.05. The predicted molar refractivity (Wildman–Crippen MR) is 68.0 cm³/mol. The van der Waals surface area contributed by atoms with Gasteiger partial charge in [0.25, 0.3) is 0 Å². The van der Waals surface area contributed by atoms with Crippen LogP contribution in [0.3, 0.4) is 0 Å². The van der Waals surface area contributed by atoms with E-state index in [0.29, 0.717) is 0 Å². The van der Waals surface area contributed by atoms with Gasteiger partial charge in [-0.05, 0) is 29.7 Å². The van der Waals surface area contributed by atoms with Crippen LogP contribution in [0.5, 0.6) is 11.5 Å². The van der Waals surface area contributed by atoms with Crippen molar-refractivity contribution in [3.05, 3.63) is 53.1 Å². The first-order valence-corrected chi connectivity index (χ1v) is 6.06. The monoisotopic (exact) mass is 223 g/mol. The largest absolute Gasteiger partial charge is 0.457 e. The minimum absolute atomic E-state index is 0.974. The number of anilines is 1. The van der Waals surface area contributed by atoms with Crippen LogP contribution >= 0.6 is 0 Å². The molecule has 0 unspecified atom stereocenters. The van der Waals surface area contributed by atoms with Crippen LogP contribution in [0.2, 0.25) is 0 Å². The molecule has 1 N–H and O–H groups in total. The SMILES string of the molecule is c1ccc2c(c1)Cc1c(ccc3c1NCC3)O2. The average Bonchev–Trinajstić information content (AvgIpc) is 2.85. The zero-order valence-corrected chi connectivity index (χ0v) is 9.49. The molecule has 0 aliphatic carbocycles. The molecule has 0 radical (unpaired) electrons. The second-order valence-corrected chi connectivity index (χ2v) is 4.64. The van der Waals surface area contributed by atoms with Crippen LogP contribution in [0.4, 0.5) is 5.69 Å². The molecule has 2 aromatic rings. The molecule has 2 aliphatic rings. The highest BCUT2D eigenvalue weighted by Crippen LogP contribution is 2.42. The molecule has 0 bridgehead atoms. The molecule has 2 aliphatic heterocycles. The van der Waals surface area contributed by atoms with E-state index in [1.54, 1.807) is 0 Å². The van der Waals surface area contributed by atoms with E-state index in [2.05, 4.69) is 29.6 Å². The number of hydrogen-bond acceptors (Lipinski definition) is 2. The number of fused-ring (bicyclic) bond motifs is 4. The first-order chi connectivity index (χ1) is 8.42. The molecule has 2 nitrogen and oxygen atoms in total. The Labute approximate surface area is 100 Å².